The van der Waals surface area contributed by atoms with Crippen LogP contribution in [0.1, 0.15) is 39.2 Å². The number of carbonyl (C=O) groups excluding carboxylic acids is 2. The molecule has 2 atom stereocenters. The Morgan fingerprint density at radius 1 is 1.17 bits per heavy atom. The molecular formula is C18H21NO5. The van der Waals surface area contributed by atoms with Crippen LogP contribution >= 0.6 is 0 Å². The molecule has 3 aliphatic rings. The summed E-state index contributed by atoms with van der Waals surface area (Å²) in [5.74, 6) is 0.902. The largest absolute Gasteiger partial charge is 0.454 e. The van der Waals surface area contributed by atoms with Crippen LogP contribution in [-0.4, -0.2) is 24.3 Å². The highest BCUT2D eigenvalue weighted by atomic mass is 16.7. The zero-order valence-electron chi connectivity index (χ0n) is 14.1. The first kappa shape index (κ1) is 15.3. The number of esters is 1. The Labute approximate surface area is 140 Å². The van der Waals surface area contributed by atoms with Crippen LogP contribution in [0.25, 0.3) is 0 Å². The molecule has 1 N–H and O–H groups in total. The topological polar surface area (TPSA) is 73.9 Å². The summed E-state index contributed by atoms with van der Waals surface area (Å²) in [4.78, 5) is 25.1. The van der Waals surface area contributed by atoms with Crippen LogP contribution in [0.15, 0.2) is 18.2 Å². The second-order valence-electron chi connectivity index (χ2n) is 7.54. The summed E-state index contributed by atoms with van der Waals surface area (Å²) in [5.41, 5.74) is -1.29. The normalized spacial score (nSPS) is 31.9. The summed E-state index contributed by atoms with van der Waals surface area (Å²) in [6, 6.07) is 5.56. The van der Waals surface area contributed by atoms with Crippen LogP contribution in [0, 0.1) is 10.8 Å². The fourth-order valence-corrected chi connectivity index (χ4v) is 4.12. The molecule has 1 saturated heterocycles. The zero-order valence-corrected chi connectivity index (χ0v) is 14.1. The molecule has 2 aliphatic heterocycles. The van der Waals surface area contributed by atoms with Gasteiger partial charge in [0.25, 0.3) is 5.91 Å². The third kappa shape index (κ3) is 1.71. The maximum atomic E-state index is 12.9. The maximum Gasteiger partial charge on any atom is 0.313 e. The number of ether oxygens (including phenoxy) is 3. The molecule has 1 aromatic rings. The summed E-state index contributed by atoms with van der Waals surface area (Å²) in [6.07, 6.45) is 1.24. The molecule has 6 heteroatoms. The van der Waals surface area contributed by atoms with E-state index in [4.69, 9.17) is 14.2 Å². The molecule has 24 heavy (non-hydrogen) atoms. The maximum absolute atomic E-state index is 12.9. The van der Waals surface area contributed by atoms with Crippen LogP contribution in [0.5, 0.6) is 11.5 Å². The molecule has 2 heterocycles. The number of fused-ring (bicyclic) bond motifs is 3. The van der Waals surface area contributed by atoms with E-state index in [1.807, 2.05) is 39.0 Å². The number of rotatable bonds is 3. The van der Waals surface area contributed by atoms with Gasteiger partial charge in [-0.2, -0.15) is 0 Å². The highest BCUT2D eigenvalue weighted by Crippen LogP contribution is 2.65. The molecule has 6 nitrogen and oxygen atoms in total. The molecule has 1 aliphatic carbocycles. The van der Waals surface area contributed by atoms with Crippen molar-refractivity contribution >= 4 is 11.9 Å². The molecule has 0 aromatic heterocycles. The van der Waals surface area contributed by atoms with Crippen molar-refractivity contribution < 1.29 is 23.8 Å². The second-order valence-corrected chi connectivity index (χ2v) is 7.54. The van der Waals surface area contributed by atoms with E-state index in [0.29, 0.717) is 30.9 Å². The van der Waals surface area contributed by atoms with E-state index < -0.39 is 16.4 Å². The van der Waals surface area contributed by atoms with Gasteiger partial charge in [0.15, 0.2) is 17.1 Å². The highest BCUT2D eigenvalue weighted by molar-refractivity contribution is 5.96. The van der Waals surface area contributed by atoms with Crippen molar-refractivity contribution in [1.82, 2.24) is 5.32 Å². The van der Waals surface area contributed by atoms with Crippen molar-refractivity contribution in [1.29, 1.82) is 0 Å². The third-order valence-corrected chi connectivity index (χ3v) is 6.34. The van der Waals surface area contributed by atoms with E-state index in [-0.39, 0.29) is 18.7 Å². The van der Waals surface area contributed by atoms with Gasteiger partial charge < -0.3 is 19.5 Å². The van der Waals surface area contributed by atoms with Crippen molar-refractivity contribution in [3.63, 3.8) is 0 Å². The van der Waals surface area contributed by atoms with E-state index in [1.165, 1.54) is 0 Å². The molecule has 0 spiro atoms. The Morgan fingerprint density at radius 3 is 2.58 bits per heavy atom. The van der Waals surface area contributed by atoms with Crippen LogP contribution < -0.4 is 14.8 Å². The van der Waals surface area contributed by atoms with Gasteiger partial charge in [-0.05, 0) is 37.5 Å². The zero-order chi connectivity index (χ0) is 17.2. The first-order chi connectivity index (χ1) is 11.3. The smallest absolute Gasteiger partial charge is 0.313 e. The molecule has 2 fully saturated rings. The van der Waals surface area contributed by atoms with Gasteiger partial charge in [0.05, 0.1) is 5.41 Å². The van der Waals surface area contributed by atoms with E-state index in [0.717, 1.165) is 5.56 Å². The lowest BCUT2D eigenvalue weighted by Gasteiger charge is -2.35. The Balaban J connectivity index is 1.52. The molecule has 1 aromatic carbocycles. The number of carbonyl (C=O) groups is 2. The molecule has 128 valence electrons. The van der Waals surface area contributed by atoms with Crippen LogP contribution in [0.3, 0.4) is 0 Å². The minimum Gasteiger partial charge on any atom is -0.454 e. The number of hydrogen-bond acceptors (Lipinski definition) is 5. The van der Waals surface area contributed by atoms with Gasteiger partial charge in [-0.3, -0.25) is 9.59 Å². The van der Waals surface area contributed by atoms with E-state index in [2.05, 4.69) is 5.32 Å². The van der Waals surface area contributed by atoms with Crippen molar-refractivity contribution in [3.05, 3.63) is 23.8 Å². The van der Waals surface area contributed by atoms with Crippen LogP contribution in [0.2, 0.25) is 0 Å². The number of benzene rings is 1. The Morgan fingerprint density at radius 2 is 1.92 bits per heavy atom. The SMILES string of the molecule is CC1(C)[C@]2(C)CC[C@]1(C(=O)NCc1ccc3c(c1)OCO3)OC2=O. The summed E-state index contributed by atoms with van der Waals surface area (Å²) in [6.45, 7) is 6.36. The van der Waals surface area contributed by atoms with Gasteiger partial charge in [0.1, 0.15) is 0 Å². The van der Waals surface area contributed by atoms with E-state index in [1.54, 1.807) is 0 Å². The highest BCUT2D eigenvalue weighted by Gasteiger charge is 2.75. The predicted molar refractivity (Wildman–Crippen MR) is 84.4 cm³/mol. The predicted octanol–water partition coefficient (Wildman–Crippen LogP) is 2.15. The van der Waals surface area contributed by atoms with Crippen molar-refractivity contribution in [3.8, 4) is 11.5 Å². The molecule has 2 bridgehead atoms. The van der Waals surface area contributed by atoms with E-state index in [9.17, 15) is 9.59 Å². The molecule has 0 unspecified atom stereocenters. The van der Waals surface area contributed by atoms with Gasteiger partial charge in [-0.25, -0.2) is 0 Å². The van der Waals surface area contributed by atoms with E-state index >= 15 is 0 Å². The van der Waals surface area contributed by atoms with Crippen molar-refractivity contribution in [2.24, 2.45) is 10.8 Å². The summed E-state index contributed by atoms with van der Waals surface area (Å²) >= 11 is 0. The fourth-order valence-electron chi connectivity index (χ4n) is 4.12. The Kier molecular flexibility index (Phi) is 2.96. The van der Waals surface area contributed by atoms with Gasteiger partial charge in [-0.15, -0.1) is 0 Å². The van der Waals surface area contributed by atoms with Gasteiger partial charge in [-0.1, -0.05) is 19.9 Å². The number of nitrogens with one attached hydrogen (secondary N) is 1. The number of amides is 1. The molecule has 4 rings (SSSR count). The average Bonchev–Trinajstić information content (AvgIpc) is 3.13. The van der Waals surface area contributed by atoms with Crippen LogP contribution in [-0.2, 0) is 20.9 Å². The van der Waals surface area contributed by atoms with Crippen molar-refractivity contribution in [2.75, 3.05) is 6.79 Å². The molecular weight excluding hydrogens is 310 g/mol. The van der Waals surface area contributed by atoms with Gasteiger partial charge in [0.2, 0.25) is 6.79 Å². The van der Waals surface area contributed by atoms with Crippen molar-refractivity contribution in [2.45, 2.75) is 45.8 Å². The monoisotopic (exact) mass is 331 g/mol. The molecule has 1 saturated carbocycles. The Bertz CT molecular complexity index is 743. The third-order valence-electron chi connectivity index (χ3n) is 6.34. The Hall–Kier alpha value is -2.24. The summed E-state index contributed by atoms with van der Waals surface area (Å²) in [5, 5.41) is 2.93. The fraction of sp³-hybridized carbons (Fsp3) is 0.556. The molecule has 1 amide bonds. The summed E-state index contributed by atoms with van der Waals surface area (Å²) in [7, 11) is 0. The standard InChI is InChI=1S/C18H21NO5/c1-16(2)17(3)6-7-18(16,24-15(17)21)14(20)19-9-11-4-5-12-13(8-11)23-10-22-12/h4-5,8H,6-7,9-10H2,1-3H3,(H,19,20)/t17-,18-/m1/s1. The second kappa shape index (κ2) is 4.65. The van der Waals surface area contributed by atoms with Gasteiger partial charge in [0, 0.05) is 12.0 Å². The lowest BCUT2D eigenvalue weighted by molar-refractivity contribution is -0.168. The number of hydrogen-bond donors (Lipinski definition) is 1. The minimum absolute atomic E-state index is 0.219. The lowest BCUT2D eigenvalue weighted by atomic mass is 9.66. The minimum atomic E-state index is -1.07. The lowest BCUT2D eigenvalue weighted by Crippen LogP contribution is -2.53. The van der Waals surface area contributed by atoms with Crippen LogP contribution in [0.4, 0.5) is 0 Å². The molecule has 0 radical (unpaired) electrons. The van der Waals surface area contributed by atoms with Gasteiger partial charge >= 0.3 is 5.97 Å². The quantitative estimate of drug-likeness (QED) is 0.859. The first-order valence-corrected chi connectivity index (χ1v) is 8.20. The summed E-state index contributed by atoms with van der Waals surface area (Å²) < 4.78 is 16.2. The average molecular weight is 331 g/mol. The first-order valence-electron chi connectivity index (χ1n) is 8.20.